The second kappa shape index (κ2) is 9.11. The smallest absolute Gasteiger partial charge is 0.336 e. The van der Waals surface area contributed by atoms with E-state index in [1.807, 2.05) is 6.07 Å². The number of benzene rings is 2. The lowest BCUT2D eigenvalue weighted by molar-refractivity contribution is -0.139. The molecule has 2 aromatic rings. The lowest BCUT2D eigenvalue weighted by Gasteiger charge is -2.42. The molecular weight excluding hydrogens is 564 g/mol. The van der Waals surface area contributed by atoms with Crippen LogP contribution >= 0.6 is 31.9 Å². The van der Waals surface area contributed by atoms with Gasteiger partial charge in [0.15, 0.2) is 0 Å². The molecule has 172 valence electrons. The number of carbonyl (C=O) groups is 4. The van der Waals surface area contributed by atoms with Gasteiger partial charge >= 0.3 is 23.9 Å². The quantitative estimate of drug-likeness (QED) is 0.273. The summed E-state index contributed by atoms with van der Waals surface area (Å²) < 4.78 is -1.16. The maximum Gasteiger partial charge on any atom is 0.336 e. The van der Waals surface area contributed by atoms with E-state index in [-0.39, 0.29) is 11.1 Å². The maximum atomic E-state index is 11.9. The summed E-state index contributed by atoms with van der Waals surface area (Å²) in [5.41, 5.74) is 1.32. The van der Waals surface area contributed by atoms with Crippen LogP contribution < -0.4 is 0 Å². The molecule has 0 radical (unpaired) electrons. The number of aromatic carboxylic acids is 2. The molecular formula is C23H18Br2O8. The molecule has 0 aliphatic heterocycles. The van der Waals surface area contributed by atoms with E-state index < -0.39 is 50.9 Å². The van der Waals surface area contributed by atoms with Crippen LogP contribution in [-0.4, -0.2) is 44.3 Å². The Morgan fingerprint density at radius 1 is 0.970 bits per heavy atom. The first kappa shape index (κ1) is 24.7. The summed E-state index contributed by atoms with van der Waals surface area (Å²) >= 11 is 7.32. The molecule has 3 rings (SSSR count). The zero-order valence-electron chi connectivity index (χ0n) is 17.1. The molecule has 33 heavy (non-hydrogen) atoms. The molecule has 0 bridgehead atoms. The summed E-state index contributed by atoms with van der Waals surface area (Å²) in [5.74, 6) is -6.16. The monoisotopic (exact) mass is 580 g/mol. The molecule has 0 saturated carbocycles. The average Bonchev–Trinajstić information content (AvgIpc) is 2.75. The minimum atomic E-state index is -1.42. The van der Waals surface area contributed by atoms with E-state index in [4.69, 9.17) is 5.11 Å². The molecule has 3 unspecified atom stereocenters. The number of aliphatic carboxylic acids is 2. The number of hydrogen-bond donors (Lipinski definition) is 4. The van der Waals surface area contributed by atoms with Crippen LogP contribution in [0.1, 0.15) is 61.1 Å². The number of hydrogen-bond acceptors (Lipinski definition) is 4. The molecule has 8 nitrogen and oxygen atoms in total. The van der Waals surface area contributed by atoms with Crippen molar-refractivity contribution in [2.24, 2.45) is 5.92 Å². The van der Waals surface area contributed by atoms with Crippen LogP contribution in [0.3, 0.4) is 0 Å². The minimum Gasteiger partial charge on any atom is -0.481 e. The number of alkyl halides is 2. The van der Waals surface area contributed by atoms with Gasteiger partial charge in [-0.15, -0.1) is 0 Å². The van der Waals surface area contributed by atoms with Gasteiger partial charge < -0.3 is 20.4 Å². The molecule has 0 fully saturated rings. The average molecular weight is 582 g/mol. The largest absolute Gasteiger partial charge is 0.481 e. The Morgan fingerprint density at radius 2 is 1.55 bits per heavy atom. The van der Waals surface area contributed by atoms with Crippen LogP contribution in [-0.2, 0) is 13.9 Å². The fourth-order valence-corrected chi connectivity index (χ4v) is 5.75. The van der Waals surface area contributed by atoms with E-state index in [1.165, 1.54) is 18.2 Å². The fourth-order valence-electron chi connectivity index (χ4n) is 4.13. The van der Waals surface area contributed by atoms with E-state index in [1.54, 1.807) is 25.1 Å². The summed E-state index contributed by atoms with van der Waals surface area (Å²) in [6.07, 6.45) is 0.628. The molecule has 0 heterocycles. The van der Waals surface area contributed by atoms with Crippen molar-refractivity contribution in [2.45, 2.75) is 22.5 Å². The first-order valence-corrected chi connectivity index (χ1v) is 11.3. The zero-order valence-corrected chi connectivity index (χ0v) is 20.3. The highest BCUT2D eigenvalue weighted by Gasteiger charge is 2.46. The van der Waals surface area contributed by atoms with Gasteiger partial charge in [-0.1, -0.05) is 69.1 Å². The van der Waals surface area contributed by atoms with Crippen LogP contribution in [0, 0.1) is 5.92 Å². The Hall–Kier alpha value is -2.98. The highest BCUT2D eigenvalue weighted by atomic mass is 79.9. The van der Waals surface area contributed by atoms with Gasteiger partial charge in [0.1, 0.15) is 0 Å². The van der Waals surface area contributed by atoms with Crippen molar-refractivity contribution in [1.82, 2.24) is 0 Å². The van der Waals surface area contributed by atoms with Crippen molar-refractivity contribution < 1.29 is 39.6 Å². The van der Waals surface area contributed by atoms with Gasteiger partial charge in [-0.05, 0) is 40.3 Å². The van der Waals surface area contributed by atoms with Gasteiger partial charge in [0.05, 0.1) is 26.7 Å². The third-order valence-corrected chi connectivity index (χ3v) is 8.20. The van der Waals surface area contributed by atoms with Crippen molar-refractivity contribution in [1.29, 1.82) is 0 Å². The SMILES string of the molecule is CC(/C=C(\CC(=O)O)C(=O)O)C1(Br)c2ccccc2C(Br)c2cc(C(=O)O)c(C(=O)O)cc21. The normalized spacial score (nSPS) is 20.3. The molecule has 0 aromatic heterocycles. The van der Waals surface area contributed by atoms with Gasteiger partial charge in [-0.2, -0.15) is 0 Å². The van der Waals surface area contributed by atoms with Gasteiger partial charge in [-0.3, -0.25) is 4.79 Å². The highest BCUT2D eigenvalue weighted by molar-refractivity contribution is 9.10. The molecule has 4 N–H and O–H groups in total. The maximum absolute atomic E-state index is 11.9. The zero-order chi connectivity index (χ0) is 24.7. The highest BCUT2D eigenvalue weighted by Crippen LogP contribution is 2.56. The molecule has 10 heteroatoms. The third kappa shape index (κ3) is 4.32. The second-order valence-corrected chi connectivity index (χ2v) is 9.78. The summed E-state index contributed by atoms with van der Waals surface area (Å²) in [6, 6.07) is 9.78. The first-order chi connectivity index (χ1) is 15.4. The van der Waals surface area contributed by atoms with E-state index in [9.17, 15) is 34.5 Å². The van der Waals surface area contributed by atoms with Crippen LogP contribution in [0.15, 0.2) is 48.0 Å². The van der Waals surface area contributed by atoms with E-state index in [2.05, 4.69) is 31.9 Å². The van der Waals surface area contributed by atoms with E-state index in [0.29, 0.717) is 16.7 Å². The van der Waals surface area contributed by atoms with Gasteiger partial charge in [-0.25, -0.2) is 14.4 Å². The lowest BCUT2D eigenvalue weighted by atomic mass is 9.71. The van der Waals surface area contributed by atoms with E-state index in [0.717, 1.165) is 5.56 Å². The standard InChI is InChI=1S/C23H18Br2O8/c1-10(6-11(20(28)29)7-18(26)27)23(25)16-5-3-2-4-12(16)19(24)15-8-13(21(30)31)14(22(32)33)9-17(15)23/h2-6,8-10,19H,7H2,1H3,(H,26,27)(H,28,29)(H,30,31)(H,32,33)/b11-6+. The molecule has 1 aliphatic rings. The van der Waals surface area contributed by atoms with Crippen molar-refractivity contribution in [3.05, 3.63) is 81.4 Å². The number of allylic oxidation sites excluding steroid dienone is 1. The van der Waals surface area contributed by atoms with Crippen LogP contribution in [0.2, 0.25) is 0 Å². The summed E-state index contributed by atoms with van der Waals surface area (Å²) in [4.78, 5) is 46.0. The number of halogens is 2. The number of fused-ring (bicyclic) bond motifs is 2. The fraction of sp³-hybridized carbons (Fsp3) is 0.217. The van der Waals surface area contributed by atoms with E-state index >= 15 is 0 Å². The topological polar surface area (TPSA) is 149 Å². The van der Waals surface area contributed by atoms with Gasteiger partial charge in [0.2, 0.25) is 0 Å². The number of carboxylic acids is 4. The van der Waals surface area contributed by atoms with Crippen LogP contribution in [0.5, 0.6) is 0 Å². The van der Waals surface area contributed by atoms with Gasteiger partial charge in [0, 0.05) is 5.57 Å². The Kier molecular flexibility index (Phi) is 6.80. The predicted molar refractivity (Wildman–Crippen MR) is 124 cm³/mol. The third-order valence-electron chi connectivity index (χ3n) is 5.64. The van der Waals surface area contributed by atoms with Crippen molar-refractivity contribution in [3.63, 3.8) is 0 Å². The van der Waals surface area contributed by atoms with Crippen molar-refractivity contribution in [2.75, 3.05) is 0 Å². The Morgan fingerprint density at radius 3 is 2.09 bits per heavy atom. The predicted octanol–water partition coefficient (Wildman–Crippen LogP) is 4.64. The molecule has 0 spiro atoms. The first-order valence-electron chi connectivity index (χ1n) is 9.62. The summed E-state index contributed by atoms with van der Waals surface area (Å²) in [5, 5.41) is 37.8. The summed E-state index contributed by atoms with van der Waals surface area (Å²) in [7, 11) is 0. The lowest BCUT2D eigenvalue weighted by Crippen LogP contribution is -2.35. The number of carboxylic acid groups (broad SMARTS) is 4. The molecule has 1 aliphatic carbocycles. The minimum absolute atomic E-state index is 0.325. The Bertz CT molecular complexity index is 1220. The molecule has 0 saturated heterocycles. The molecule has 0 amide bonds. The Labute approximate surface area is 204 Å². The van der Waals surface area contributed by atoms with Crippen molar-refractivity contribution in [3.8, 4) is 0 Å². The number of rotatable bonds is 7. The van der Waals surface area contributed by atoms with Crippen LogP contribution in [0.25, 0.3) is 0 Å². The molecule has 3 atom stereocenters. The Balaban J connectivity index is 2.36. The van der Waals surface area contributed by atoms with Crippen molar-refractivity contribution >= 4 is 55.7 Å². The second-order valence-electron chi connectivity index (χ2n) is 7.61. The molecule has 2 aromatic carbocycles. The summed E-state index contributed by atoms with van der Waals surface area (Å²) in [6.45, 7) is 1.68. The van der Waals surface area contributed by atoms with Gasteiger partial charge in [0.25, 0.3) is 0 Å². The van der Waals surface area contributed by atoms with Crippen LogP contribution in [0.4, 0.5) is 0 Å².